The van der Waals surface area contributed by atoms with Crippen molar-refractivity contribution in [2.45, 2.75) is 20.8 Å². The number of hydrogen-bond donors (Lipinski definition) is 1. The molecule has 84 valence electrons. The van der Waals surface area contributed by atoms with Crippen LogP contribution < -0.4 is 5.73 Å². The highest BCUT2D eigenvalue weighted by Crippen LogP contribution is 2.21. The molecule has 2 N–H and O–H groups in total. The summed E-state index contributed by atoms with van der Waals surface area (Å²) in [6, 6.07) is 1.67. The summed E-state index contributed by atoms with van der Waals surface area (Å²) in [4.78, 5) is 8.28. The first-order chi connectivity index (χ1) is 7.49. The predicted octanol–water partition coefficient (Wildman–Crippen LogP) is 1.82. The van der Waals surface area contributed by atoms with Gasteiger partial charge in [-0.3, -0.25) is 0 Å². The summed E-state index contributed by atoms with van der Waals surface area (Å²) < 4.78 is 1.67. The Morgan fingerprint density at radius 3 is 2.44 bits per heavy atom. The van der Waals surface area contributed by atoms with E-state index >= 15 is 0 Å². The smallest absolute Gasteiger partial charge is 0.159 e. The lowest BCUT2D eigenvalue weighted by Gasteiger charge is -2.04. The topological polar surface area (TPSA) is 69.6 Å². The highest BCUT2D eigenvalue weighted by molar-refractivity contribution is 6.31. The number of anilines is 1. The Morgan fingerprint density at radius 1 is 1.25 bits per heavy atom. The zero-order valence-electron chi connectivity index (χ0n) is 9.32. The van der Waals surface area contributed by atoms with Gasteiger partial charge < -0.3 is 5.73 Å². The van der Waals surface area contributed by atoms with Gasteiger partial charge in [-0.15, -0.1) is 0 Å². The summed E-state index contributed by atoms with van der Waals surface area (Å²) in [7, 11) is 0. The van der Waals surface area contributed by atoms with Crippen LogP contribution in [-0.2, 0) is 0 Å². The van der Waals surface area contributed by atoms with Crippen molar-refractivity contribution < 1.29 is 0 Å². The molecule has 0 bridgehead atoms. The Bertz CT molecular complexity index is 526. The van der Waals surface area contributed by atoms with Crippen LogP contribution in [0.15, 0.2) is 6.07 Å². The maximum Gasteiger partial charge on any atom is 0.159 e. The minimum absolute atomic E-state index is 0.422. The van der Waals surface area contributed by atoms with Crippen LogP contribution in [0.25, 0.3) is 5.82 Å². The van der Waals surface area contributed by atoms with Gasteiger partial charge in [-0.2, -0.15) is 5.10 Å². The molecule has 5 nitrogen and oxygen atoms in total. The largest absolute Gasteiger partial charge is 0.384 e. The van der Waals surface area contributed by atoms with Gasteiger partial charge in [0.1, 0.15) is 11.6 Å². The second kappa shape index (κ2) is 3.75. The number of aromatic nitrogens is 4. The molecule has 0 unspecified atom stereocenters. The van der Waals surface area contributed by atoms with E-state index in [0.29, 0.717) is 22.5 Å². The fraction of sp³-hybridized carbons (Fsp3) is 0.300. The van der Waals surface area contributed by atoms with E-state index in [9.17, 15) is 0 Å². The number of nitrogens with two attached hydrogens (primary N) is 1. The zero-order chi connectivity index (χ0) is 11.9. The molecule has 2 aromatic heterocycles. The van der Waals surface area contributed by atoms with Gasteiger partial charge in [0.2, 0.25) is 0 Å². The molecule has 16 heavy (non-hydrogen) atoms. The van der Waals surface area contributed by atoms with Crippen molar-refractivity contribution in [1.82, 2.24) is 19.7 Å². The maximum absolute atomic E-state index is 6.07. The van der Waals surface area contributed by atoms with Gasteiger partial charge in [-0.1, -0.05) is 11.6 Å². The van der Waals surface area contributed by atoms with Gasteiger partial charge in [-0.25, -0.2) is 14.6 Å². The second-order valence-electron chi connectivity index (χ2n) is 3.59. The van der Waals surface area contributed by atoms with Crippen LogP contribution in [-0.4, -0.2) is 19.7 Å². The molecule has 2 rings (SSSR count). The van der Waals surface area contributed by atoms with E-state index in [1.807, 2.05) is 13.8 Å². The quantitative estimate of drug-likeness (QED) is 0.822. The standard InChI is InChI=1S/C10H12ClN5/c1-5-10(11)6(2)16(15-5)9-4-8(12)13-7(3)14-9/h4H,1-3H3,(H2,12,13,14). The van der Waals surface area contributed by atoms with E-state index in [1.165, 1.54) is 0 Å². The summed E-state index contributed by atoms with van der Waals surface area (Å²) in [5.41, 5.74) is 7.28. The van der Waals surface area contributed by atoms with Crippen LogP contribution in [0.3, 0.4) is 0 Å². The summed E-state index contributed by atoms with van der Waals surface area (Å²) in [6.07, 6.45) is 0. The Labute approximate surface area is 98.3 Å². The summed E-state index contributed by atoms with van der Waals surface area (Å²) in [5.74, 6) is 1.67. The number of nitrogens with zero attached hydrogens (tertiary/aromatic N) is 4. The number of halogens is 1. The van der Waals surface area contributed by atoms with Crippen LogP contribution in [0, 0.1) is 20.8 Å². The predicted molar refractivity (Wildman–Crippen MR) is 62.8 cm³/mol. The lowest BCUT2D eigenvalue weighted by molar-refractivity contribution is 0.794. The Morgan fingerprint density at radius 2 is 1.94 bits per heavy atom. The SMILES string of the molecule is Cc1nc(N)cc(-n2nc(C)c(Cl)c2C)n1. The molecule has 0 saturated carbocycles. The van der Waals surface area contributed by atoms with E-state index in [0.717, 1.165) is 11.4 Å². The van der Waals surface area contributed by atoms with Crippen molar-refractivity contribution >= 4 is 17.4 Å². The molecule has 0 radical (unpaired) electrons. The molecule has 2 aromatic rings. The molecule has 0 amide bonds. The van der Waals surface area contributed by atoms with E-state index in [2.05, 4.69) is 15.1 Å². The van der Waals surface area contributed by atoms with Crippen molar-refractivity contribution in [2.75, 3.05) is 5.73 Å². The van der Waals surface area contributed by atoms with Crippen molar-refractivity contribution in [2.24, 2.45) is 0 Å². The maximum atomic E-state index is 6.07. The van der Waals surface area contributed by atoms with Crippen LogP contribution in [0.1, 0.15) is 17.2 Å². The van der Waals surface area contributed by atoms with Crippen LogP contribution in [0.4, 0.5) is 5.82 Å². The number of nitrogen functional groups attached to an aromatic ring is 1. The third-order valence-corrected chi connectivity index (χ3v) is 2.81. The fourth-order valence-electron chi connectivity index (χ4n) is 1.53. The van der Waals surface area contributed by atoms with E-state index in [-0.39, 0.29) is 0 Å². The Balaban J connectivity index is 2.62. The number of rotatable bonds is 1. The van der Waals surface area contributed by atoms with E-state index in [4.69, 9.17) is 17.3 Å². The van der Waals surface area contributed by atoms with E-state index < -0.39 is 0 Å². The minimum Gasteiger partial charge on any atom is -0.384 e. The van der Waals surface area contributed by atoms with Gasteiger partial charge in [0.15, 0.2) is 5.82 Å². The third kappa shape index (κ3) is 1.74. The molecule has 0 atom stereocenters. The second-order valence-corrected chi connectivity index (χ2v) is 3.97. The molecular formula is C10H12ClN5. The monoisotopic (exact) mass is 237 g/mol. The molecule has 2 heterocycles. The third-order valence-electron chi connectivity index (χ3n) is 2.26. The Kier molecular flexibility index (Phi) is 2.55. The molecule has 0 saturated heterocycles. The molecule has 0 spiro atoms. The van der Waals surface area contributed by atoms with Crippen LogP contribution in [0.2, 0.25) is 5.02 Å². The van der Waals surface area contributed by atoms with Gasteiger partial charge in [0, 0.05) is 6.07 Å². The van der Waals surface area contributed by atoms with Crippen molar-refractivity contribution in [3.8, 4) is 5.82 Å². The van der Waals surface area contributed by atoms with Gasteiger partial charge in [0.25, 0.3) is 0 Å². The molecule has 0 aliphatic carbocycles. The molecule has 0 fully saturated rings. The average Bonchev–Trinajstić information content (AvgIpc) is 2.44. The lowest BCUT2D eigenvalue weighted by Crippen LogP contribution is -2.06. The number of hydrogen-bond acceptors (Lipinski definition) is 4. The van der Waals surface area contributed by atoms with Crippen molar-refractivity contribution in [3.05, 3.63) is 28.3 Å². The van der Waals surface area contributed by atoms with Crippen LogP contribution in [0.5, 0.6) is 0 Å². The minimum atomic E-state index is 0.422. The molecule has 6 heteroatoms. The molecule has 0 aliphatic heterocycles. The average molecular weight is 238 g/mol. The number of aryl methyl sites for hydroxylation is 2. The molecule has 0 aliphatic rings. The van der Waals surface area contributed by atoms with Crippen molar-refractivity contribution in [3.63, 3.8) is 0 Å². The Hall–Kier alpha value is -1.62. The molecule has 0 aromatic carbocycles. The van der Waals surface area contributed by atoms with Crippen molar-refractivity contribution in [1.29, 1.82) is 0 Å². The van der Waals surface area contributed by atoms with Crippen LogP contribution >= 0.6 is 11.6 Å². The summed E-state index contributed by atoms with van der Waals surface area (Å²) in [6.45, 7) is 5.52. The fourth-order valence-corrected chi connectivity index (χ4v) is 1.65. The van der Waals surface area contributed by atoms with Gasteiger partial charge in [-0.05, 0) is 20.8 Å². The normalized spacial score (nSPS) is 10.8. The highest BCUT2D eigenvalue weighted by Gasteiger charge is 2.12. The van der Waals surface area contributed by atoms with E-state index in [1.54, 1.807) is 17.7 Å². The first-order valence-corrected chi connectivity index (χ1v) is 5.20. The zero-order valence-corrected chi connectivity index (χ0v) is 10.1. The molecular weight excluding hydrogens is 226 g/mol. The lowest BCUT2D eigenvalue weighted by atomic mass is 10.4. The highest BCUT2D eigenvalue weighted by atomic mass is 35.5. The summed E-state index contributed by atoms with van der Waals surface area (Å²) >= 11 is 6.07. The summed E-state index contributed by atoms with van der Waals surface area (Å²) in [5, 5.41) is 4.95. The van der Waals surface area contributed by atoms with Gasteiger partial charge in [0.05, 0.1) is 16.4 Å². The first kappa shape index (κ1) is 10.9. The van der Waals surface area contributed by atoms with Gasteiger partial charge >= 0.3 is 0 Å². The first-order valence-electron chi connectivity index (χ1n) is 4.82.